The zero-order valence-corrected chi connectivity index (χ0v) is 12.0. The van der Waals surface area contributed by atoms with Crippen LogP contribution in [-0.2, 0) is 6.42 Å². The minimum absolute atomic E-state index is 0.352. The number of nitrogens with two attached hydrogens (primary N) is 1. The van der Waals surface area contributed by atoms with Crippen LogP contribution < -0.4 is 10.5 Å². The normalized spacial score (nSPS) is 12.2. The van der Waals surface area contributed by atoms with Gasteiger partial charge in [0.15, 0.2) is 0 Å². The summed E-state index contributed by atoms with van der Waals surface area (Å²) in [4.78, 5) is 4.06. The summed E-state index contributed by atoms with van der Waals surface area (Å²) in [6.45, 7) is 0. The Balaban J connectivity index is 2.18. The van der Waals surface area contributed by atoms with Crippen LogP contribution in [0.4, 0.5) is 4.39 Å². The number of hydrogen-bond acceptors (Lipinski definition) is 3. The number of nitrogens with zero attached hydrogens (tertiary/aromatic N) is 1. The standard InChI is InChI=1S/C14H14BrFN2O/c1-19-11-2-3-12(13(16)6-11)14(17)5-9-4-10(15)8-18-7-9/h2-4,6-8,14H,5,17H2,1H3. The van der Waals surface area contributed by atoms with E-state index in [1.54, 1.807) is 24.5 Å². The molecule has 0 aliphatic carbocycles. The van der Waals surface area contributed by atoms with Crippen LogP contribution in [0.1, 0.15) is 17.2 Å². The molecule has 0 fully saturated rings. The number of methoxy groups -OCH3 is 1. The summed E-state index contributed by atoms with van der Waals surface area (Å²) in [6, 6.07) is 6.21. The third-order valence-electron chi connectivity index (χ3n) is 2.82. The van der Waals surface area contributed by atoms with Gasteiger partial charge in [0.2, 0.25) is 0 Å². The highest BCUT2D eigenvalue weighted by molar-refractivity contribution is 9.10. The van der Waals surface area contributed by atoms with Gasteiger partial charge in [0.05, 0.1) is 7.11 Å². The first-order chi connectivity index (χ1) is 9.10. The monoisotopic (exact) mass is 324 g/mol. The van der Waals surface area contributed by atoms with E-state index < -0.39 is 6.04 Å². The van der Waals surface area contributed by atoms with Crippen LogP contribution in [0, 0.1) is 5.82 Å². The van der Waals surface area contributed by atoms with E-state index in [0.29, 0.717) is 17.7 Å². The van der Waals surface area contributed by atoms with Gasteiger partial charge in [-0.15, -0.1) is 0 Å². The summed E-state index contributed by atoms with van der Waals surface area (Å²) in [6.07, 6.45) is 3.95. The minimum Gasteiger partial charge on any atom is -0.497 e. The number of halogens is 2. The second kappa shape index (κ2) is 6.12. The second-order valence-corrected chi connectivity index (χ2v) is 5.13. The molecule has 2 rings (SSSR count). The van der Waals surface area contributed by atoms with Gasteiger partial charge in [0, 0.05) is 34.5 Å². The topological polar surface area (TPSA) is 48.1 Å². The average molecular weight is 325 g/mol. The van der Waals surface area contributed by atoms with Crippen LogP contribution in [0.15, 0.2) is 41.1 Å². The molecule has 0 saturated carbocycles. The van der Waals surface area contributed by atoms with E-state index in [9.17, 15) is 4.39 Å². The van der Waals surface area contributed by atoms with E-state index in [1.807, 2.05) is 6.07 Å². The molecule has 1 aromatic heterocycles. The van der Waals surface area contributed by atoms with Crippen LogP contribution >= 0.6 is 15.9 Å². The van der Waals surface area contributed by atoms with Gasteiger partial charge < -0.3 is 10.5 Å². The van der Waals surface area contributed by atoms with Crippen molar-refractivity contribution in [3.8, 4) is 5.75 Å². The van der Waals surface area contributed by atoms with Crippen molar-refractivity contribution in [2.75, 3.05) is 7.11 Å². The fraction of sp³-hybridized carbons (Fsp3) is 0.214. The first-order valence-corrected chi connectivity index (χ1v) is 6.58. The van der Waals surface area contributed by atoms with Gasteiger partial charge in [-0.05, 0) is 40.0 Å². The first-order valence-electron chi connectivity index (χ1n) is 5.78. The Morgan fingerprint density at radius 1 is 1.37 bits per heavy atom. The molecular weight excluding hydrogens is 311 g/mol. The molecule has 0 bridgehead atoms. The Morgan fingerprint density at radius 3 is 2.79 bits per heavy atom. The Labute approximate surface area is 119 Å². The maximum absolute atomic E-state index is 13.9. The van der Waals surface area contributed by atoms with Gasteiger partial charge in [0.1, 0.15) is 11.6 Å². The number of hydrogen-bond donors (Lipinski definition) is 1. The molecule has 0 amide bonds. The van der Waals surface area contributed by atoms with E-state index >= 15 is 0 Å². The highest BCUT2D eigenvalue weighted by atomic mass is 79.9. The Hall–Kier alpha value is -1.46. The lowest BCUT2D eigenvalue weighted by Gasteiger charge is -2.14. The van der Waals surface area contributed by atoms with Gasteiger partial charge in [-0.25, -0.2) is 4.39 Å². The van der Waals surface area contributed by atoms with Crippen LogP contribution in [0.2, 0.25) is 0 Å². The number of benzene rings is 1. The molecule has 100 valence electrons. The summed E-state index contributed by atoms with van der Waals surface area (Å²) < 4.78 is 19.7. The molecular formula is C14H14BrFN2O. The predicted octanol–water partition coefficient (Wildman–Crippen LogP) is 3.23. The first kappa shape index (κ1) is 14.0. The van der Waals surface area contributed by atoms with Crippen molar-refractivity contribution < 1.29 is 9.13 Å². The maximum Gasteiger partial charge on any atom is 0.131 e. The van der Waals surface area contributed by atoms with Gasteiger partial charge in [-0.1, -0.05) is 6.07 Å². The van der Waals surface area contributed by atoms with Crippen molar-refractivity contribution in [2.24, 2.45) is 5.73 Å². The molecule has 5 heteroatoms. The van der Waals surface area contributed by atoms with Crippen molar-refractivity contribution in [3.63, 3.8) is 0 Å². The molecule has 0 aliphatic rings. The smallest absolute Gasteiger partial charge is 0.131 e. The van der Waals surface area contributed by atoms with E-state index in [1.165, 1.54) is 13.2 Å². The Morgan fingerprint density at radius 2 is 2.16 bits per heavy atom. The SMILES string of the molecule is COc1ccc(C(N)Cc2cncc(Br)c2)c(F)c1. The van der Waals surface area contributed by atoms with Crippen LogP contribution in [0.25, 0.3) is 0 Å². The third-order valence-corrected chi connectivity index (χ3v) is 3.26. The van der Waals surface area contributed by atoms with Gasteiger partial charge in [-0.3, -0.25) is 4.98 Å². The van der Waals surface area contributed by atoms with E-state index in [0.717, 1.165) is 10.0 Å². The molecule has 0 aliphatic heterocycles. The zero-order chi connectivity index (χ0) is 13.8. The molecule has 19 heavy (non-hydrogen) atoms. The molecule has 2 N–H and O–H groups in total. The van der Waals surface area contributed by atoms with Gasteiger partial charge in [-0.2, -0.15) is 0 Å². The molecule has 2 aromatic rings. The van der Waals surface area contributed by atoms with Crippen LogP contribution in [0.5, 0.6) is 5.75 Å². The number of rotatable bonds is 4. The lowest BCUT2D eigenvalue weighted by atomic mass is 10.00. The van der Waals surface area contributed by atoms with Crippen molar-refractivity contribution in [1.29, 1.82) is 0 Å². The lowest BCUT2D eigenvalue weighted by molar-refractivity contribution is 0.410. The van der Waals surface area contributed by atoms with Gasteiger partial charge in [0.25, 0.3) is 0 Å². The van der Waals surface area contributed by atoms with Crippen molar-refractivity contribution in [3.05, 3.63) is 58.1 Å². The lowest BCUT2D eigenvalue weighted by Crippen LogP contribution is -2.15. The number of ether oxygens (including phenoxy) is 1. The molecule has 1 atom stereocenters. The molecule has 1 heterocycles. The predicted molar refractivity (Wildman–Crippen MR) is 75.5 cm³/mol. The van der Waals surface area contributed by atoms with E-state index in [4.69, 9.17) is 10.5 Å². The number of aromatic nitrogens is 1. The molecule has 0 spiro atoms. The summed E-state index contributed by atoms with van der Waals surface area (Å²) in [7, 11) is 1.50. The minimum atomic E-state index is -0.415. The Bertz CT molecular complexity index is 577. The van der Waals surface area contributed by atoms with Gasteiger partial charge >= 0.3 is 0 Å². The molecule has 3 nitrogen and oxygen atoms in total. The summed E-state index contributed by atoms with van der Waals surface area (Å²) >= 11 is 3.35. The quantitative estimate of drug-likeness (QED) is 0.939. The molecule has 1 aromatic carbocycles. The summed E-state index contributed by atoms with van der Waals surface area (Å²) in [5.41, 5.74) is 7.47. The fourth-order valence-electron chi connectivity index (χ4n) is 1.87. The van der Waals surface area contributed by atoms with E-state index in [2.05, 4.69) is 20.9 Å². The molecule has 0 saturated heterocycles. The summed E-state index contributed by atoms with van der Waals surface area (Å²) in [5, 5.41) is 0. The Kier molecular flexibility index (Phi) is 4.50. The third kappa shape index (κ3) is 3.52. The average Bonchev–Trinajstić information content (AvgIpc) is 2.38. The fourth-order valence-corrected chi connectivity index (χ4v) is 2.28. The maximum atomic E-state index is 13.9. The highest BCUT2D eigenvalue weighted by Gasteiger charge is 2.13. The van der Waals surface area contributed by atoms with Crippen molar-refractivity contribution in [2.45, 2.75) is 12.5 Å². The van der Waals surface area contributed by atoms with Crippen LogP contribution in [-0.4, -0.2) is 12.1 Å². The second-order valence-electron chi connectivity index (χ2n) is 4.21. The van der Waals surface area contributed by atoms with Crippen molar-refractivity contribution >= 4 is 15.9 Å². The molecule has 0 radical (unpaired) electrons. The highest BCUT2D eigenvalue weighted by Crippen LogP contribution is 2.23. The van der Waals surface area contributed by atoms with Crippen molar-refractivity contribution in [1.82, 2.24) is 4.98 Å². The molecule has 1 unspecified atom stereocenters. The van der Waals surface area contributed by atoms with E-state index in [-0.39, 0.29) is 5.82 Å². The zero-order valence-electron chi connectivity index (χ0n) is 10.4. The number of pyridine rings is 1. The van der Waals surface area contributed by atoms with Crippen LogP contribution in [0.3, 0.4) is 0 Å². The largest absolute Gasteiger partial charge is 0.497 e. The summed E-state index contributed by atoms with van der Waals surface area (Å²) in [5.74, 6) is 0.132.